The van der Waals surface area contributed by atoms with Crippen molar-refractivity contribution in [2.45, 2.75) is 6.04 Å². The van der Waals surface area contributed by atoms with E-state index in [1.54, 1.807) is 0 Å². The second-order valence-electron chi connectivity index (χ2n) is 3.12. The summed E-state index contributed by atoms with van der Waals surface area (Å²) in [4.78, 5) is 13.1. The normalized spacial score (nSPS) is 12.9. The number of carbonyl (C=O) groups excluding carboxylic acids is 1. The average molecular weight is 195 g/mol. The Bertz CT molecular complexity index is 284. The van der Waals surface area contributed by atoms with Gasteiger partial charge in [0.1, 0.15) is 6.04 Å². The number of hydrogen-bond donors (Lipinski definition) is 1. The molecule has 0 aliphatic carbocycles. The van der Waals surface area contributed by atoms with E-state index in [-0.39, 0.29) is 11.2 Å². The zero-order chi connectivity index (χ0) is 9.84. The van der Waals surface area contributed by atoms with E-state index in [1.807, 2.05) is 49.3 Å². The summed E-state index contributed by atoms with van der Waals surface area (Å²) in [5, 5.41) is -0.129. The van der Waals surface area contributed by atoms with Gasteiger partial charge in [-0.25, -0.2) is 0 Å². The molecule has 1 rings (SSSR count). The van der Waals surface area contributed by atoms with Crippen molar-refractivity contribution in [3.63, 3.8) is 0 Å². The van der Waals surface area contributed by atoms with Gasteiger partial charge >= 0.3 is 0 Å². The maximum atomic E-state index is 11.2. The maximum absolute atomic E-state index is 11.2. The third-order valence-electron chi connectivity index (χ3n) is 1.87. The summed E-state index contributed by atoms with van der Waals surface area (Å²) in [6.45, 7) is 0. The van der Waals surface area contributed by atoms with Crippen molar-refractivity contribution in [3.05, 3.63) is 35.9 Å². The van der Waals surface area contributed by atoms with Crippen LogP contribution in [0.2, 0.25) is 0 Å². The zero-order valence-electron chi connectivity index (χ0n) is 7.77. The van der Waals surface area contributed by atoms with Crippen LogP contribution in [0.15, 0.2) is 30.3 Å². The highest BCUT2D eigenvalue weighted by atomic mass is 32.1. The van der Waals surface area contributed by atoms with Crippen LogP contribution in [0.5, 0.6) is 0 Å². The Hall–Kier alpha value is -0.800. The SMILES string of the molecule is CN(C)C(C(=O)S)c1ccccc1. The molecule has 0 N–H and O–H groups in total. The number of rotatable bonds is 3. The zero-order valence-corrected chi connectivity index (χ0v) is 8.66. The molecule has 0 aromatic heterocycles. The lowest BCUT2D eigenvalue weighted by Crippen LogP contribution is -2.24. The Balaban J connectivity index is 2.96. The standard InChI is InChI=1S/C10H13NOS/c1-11(2)9(10(12)13)8-6-4-3-5-7-8/h3-7,9H,1-2H3,(H,12,13). The van der Waals surface area contributed by atoms with Gasteiger partial charge in [0, 0.05) is 0 Å². The summed E-state index contributed by atoms with van der Waals surface area (Å²) in [6, 6.07) is 9.38. The summed E-state index contributed by atoms with van der Waals surface area (Å²) in [6.07, 6.45) is 0. The minimum atomic E-state index is -0.246. The fourth-order valence-corrected chi connectivity index (χ4v) is 1.68. The Labute approximate surface area is 84.0 Å². The molecule has 2 nitrogen and oxygen atoms in total. The van der Waals surface area contributed by atoms with Crippen LogP contribution in [0, 0.1) is 0 Å². The second-order valence-corrected chi connectivity index (χ2v) is 3.56. The van der Waals surface area contributed by atoms with Crippen molar-refractivity contribution < 1.29 is 4.79 Å². The van der Waals surface area contributed by atoms with Gasteiger partial charge in [-0.15, -0.1) is 12.6 Å². The van der Waals surface area contributed by atoms with E-state index in [0.29, 0.717) is 0 Å². The van der Waals surface area contributed by atoms with Gasteiger partial charge < -0.3 is 0 Å². The van der Waals surface area contributed by atoms with Gasteiger partial charge in [0.2, 0.25) is 5.12 Å². The molecular weight excluding hydrogens is 182 g/mol. The van der Waals surface area contributed by atoms with E-state index in [0.717, 1.165) is 5.56 Å². The van der Waals surface area contributed by atoms with Crippen LogP contribution in [0.1, 0.15) is 11.6 Å². The van der Waals surface area contributed by atoms with E-state index >= 15 is 0 Å². The molecule has 0 radical (unpaired) electrons. The van der Waals surface area contributed by atoms with Crippen LogP contribution in [-0.2, 0) is 4.79 Å². The fraction of sp³-hybridized carbons (Fsp3) is 0.300. The molecule has 1 atom stereocenters. The molecule has 0 aliphatic heterocycles. The van der Waals surface area contributed by atoms with Crippen molar-refractivity contribution in [1.82, 2.24) is 4.90 Å². The number of carbonyl (C=O) groups is 1. The predicted molar refractivity (Wildman–Crippen MR) is 56.9 cm³/mol. The monoisotopic (exact) mass is 195 g/mol. The predicted octanol–water partition coefficient (Wildman–Crippen LogP) is 1.75. The molecular formula is C10H13NOS. The molecule has 0 spiro atoms. The van der Waals surface area contributed by atoms with Gasteiger partial charge in [0.05, 0.1) is 0 Å². The summed E-state index contributed by atoms with van der Waals surface area (Å²) < 4.78 is 0. The topological polar surface area (TPSA) is 20.3 Å². The summed E-state index contributed by atoms with van der Waals surface area (Å²) >= 11 is 3.86. The van der Waals surface area contributed by atoms with Crippen molar-refractivity contribution in [1.29, 1.82) is 0 Å². The van der Waals surface area contributed by atoms with Crippen molar-refractivity contribution in [2.24, 2.45) is 0 Å². The number of hydrogen-bond acceptors (Lipinski definition) is 2. The molecule has 13 heavy (non-hydrogen) atoms. The minimum absolute atomic E-state index is 0.129. The van der Waals surface area contributed by atoms with E-state index in [2.05, 4.69) is 12.6 Å². The summed E-state index contributed by atoms with van der Waals surface area (Å²) in [5.74, 6) is 0. The van der Waals surface area contributed by atoms with Gasteiger partial charge in [0.15, 0.2) is 0 Å². The third-order valence-corrected chi connectivity index (χ3v) is 2.11. The van der Waals surface area contributed by atoms with Crippen LogP contribution in [0.3, 0.4) is 0 Å². The number of likely N-dealkylation sites (N-methyl/N-ethyl adjacent to an activating group) is 1. The highest BCUT2D eigenvalue weighted by Crippen LogP contribution is 2.19. The van der Waals surface area contributed by atoms with Gasteiger partial charge in [-0.3, -0.25) is 9.69 Å². The largest absolute Gasteiger partial charge is 0.295 e. The van der Waals surface area contributed by atoms with Gasteiger partial charge in [-0.1, -0.05) is 30.3 Å². The molecule has 70 valence electrons. The van der Waals surface area contributed by atoms with Crippen molar-refractivity contribution in [2.75, 3.05) is 14.1 Å². The molecule has 0 amide bonds. The molecule has 0 fully saturated rings. The third kappa shape index (κ3) is 2.57. The smallest absolute Gasteiger partial charge is 0.207 e. The van der Waals surface area contributed by atoms with Gasteiger partial charge in [0.25, 0.3) is 0 Å². The lowest BCUT2D eigenvalue weighted by molar-refractivity contribution is -0.114. The molecule has 1 aromatic carbocycles. The maximum Gasteiger partial charge on any atom is 0.207 e. The van der Waals surface area contributed by atoms with Crippen molar-refractivity contribution >= 4 is 17.7 Å². The average Bonchev–Trinajstić information content (AvgIpc) is 2.04. The number of nitrogens with zero attached hydrogens (tertiary/aromatic N) is 1. The Morgan fingerprint density at radius 3 is 2.23 bits per heavy atom. The van der Waals surface area contributed by atoms with Gasteiger partial charge in [-0.2, -0.15) is 0 Å². The fourth-order valence-electron chi connectivity index (χ4n) is 1.30. The number of benzene rings is 1. The molecule has 0 saturated carbocycles. The molecule has 0 bridgehead atoms. The number of thiol groups is 1. The second kappa shape index (κ2) is 4.44. The van der Waals surface area contributed by atoms with E-state index in [9.17, 15) is 4.79 Å². The quantitative estimate of drug-likeness (QED) is 0.741. The Morgan fingerprint density at radius 1 is 1.31 bits per heavy atom. The molecule has 0 heterocycles. The lowest BCUT2D eigenvalue weighted by atomic mass is 10.1. The summed E-state index contributed by atoms with van der Waals surface area (Å²) in [5.41, 5.74) is 0.979. The van der Waals surface area contributed by atoms with E-state index in [4.69, 9.17) is 0 Å². The van der Waals surface area contributed by atoms with E-state index in [1.165, 1.54) is 0 Å². The van der Waals surface area contributed by atoms with Crippen LogP contribution in [0.4, 0.5) is 0 Å². The van der Waals surface area contributed by atoms with Crippen LogP contribution >= 0.6 is 12.6 Å². The van der Waals surface area contributed by atoms with Crippen LogP contribution in [-0.4, -0.2) is 24.1 Å². The van der Waals surface area contributed by atoms with E-state index < -0.39 is 0 Å². The van der Waals surface area contributed by atoms with Crippen molar-refractivity contribution in [3.8, 4) is 0 Å². The molecule has 3 heteroatoms. The van der Waals surface area contributed by atoms with Crippen LogP contribution < -0.4 is 0 Å². The first-order valence-electron chi connectivity index (χ1n) is 4.07. The molecule has 0 aliphatic rings. The Morgan fingerprint density at radius 2 is 1.85 bits per heavy atom. The molecule has 1 unspecified atom stereocenters. The minimum Gasteiger partial charge on any atom is -0.295 e. The Kier molecular flexibility index (Phi) is 3.51. The first-order chi connectivity index (χ1) is 6.13. The molecule has 1 aromatic rings. The first kappa shape index (κ1) is 10.3. The first-order valence-corrected chi connectivity index (χ1v) is 4.52. The highest BCUT2D eigenvalue weighted by Gasteiger charge is 2.18. The summed E-state index contributed by atoms with van der Waals surface area (Å²) in [7, 11) is 3.73. The lowest BCUT2D eigenvalue weighted by Gasteiger charge is -2.20. The van der Waals surface area contributed by atoms with Gasteiger partial charge in [-0.05, 0) is 19.7 Å². The molecule has 0 saturated heterocycles. The van der Waals surface area contributed by atoms with Crippen LogP contribution in [0.25, 0.3) is 0 Å². The highest BCUT2D eigenvalue weighted by molar-refractivity contribution is 7.96.